The standard InChI is InChI=1S/C14H23NO6S/c1-9(7-22-10(2)16)12(17)15-8-14(20-4,21-5)6-11(15)13(18)19-3/h9,11H,6-8H2,1-5H3/t9?,11-/m0/s1. The molecule has 126 valence electrons. The van der Waals surface area contributed by atoms with Gasteiger partial charge in [-0.2, -0.15) is 0 Å². The van der Waals surface area contributed by atoms with Crippen LogP contribution >= 0.6 is 11.8 Å². The molecule has 0 aromatic heterocycles. The lowest BCUT2D eigenvalue weighted by Crippen LogP contribution is -2.45. The second kappa shape index (κ2) is 7.94. The van der Waals surface area contributed by atoms with E-state index in [9.17, 15) is 14.4 Å². The summed E-state index contributed by atoms with van der Waals surface area (Å²) in [5.41, 5.74) is 0. The van der Waals surface area contributed by atoms with Crippen molar-refractivity contribution in [2.45, 2.75) is 32.1 Å². The second-order valence-electron chi connectivity index (χ2n) is 5.23. The van der Waals surface area contributed by atoms with E-state index in [2.05, 4.69) is 0 Å². The highest BCUT2D eigenvalue weighted by molar-refractivity contribution is 8.13. The van der Waals surface area contributed by atoms with Crippen molar-refractivity contribution in [2.75, 3.05) is 33.6 Å². The molecule has 22 heavy (non-hydrogen) atoms. The first-order valence-electron chi connectivity index (χ1n) is 6.92. The third kappa shape index (κ3) is 4.21. The van der Waals surface area contributed by atoms with E-state index in [1.807, 2.05) is 0 Å². The van der Waals surface area contributed by atoms with Crippen molar-refractivity contribution in [3.63, 3.8) is 0 Å². The molecule has 1 fully saturated rings. The van der Waals surface area contributed by atoms with Gasteiger partial charge in [0.15, 0.2) is 10.9 Å². The molecular formula is C14H23NO6S. The zero-order valence-electron chi connectivity index (χ0n) is 13.6. The number of thioether (sulfide) groups is 1. The van der Waals surface area contributed by atoms with Gasteiger partial charge in [0.05, 0.1) is 13.7 Å². The number of carbonyl (C=O) groups excluding carboxylic acids is 3. The van der Waals surface area contributed by atoms with Gasteiger partial charge in [-0.15, -0.1) is 0 Å². The van der Waals surface area contributed by atoms with Gasteiger partial charge in [-0.05, 0) is 0 Å². The Morgan fingerprint density at radius 3 is 2.32 bits per heavy atom. The van der Waals surface area contributed by atoms with Crippen LogP contribution in [0.25, 0.3) is 0 Å². The van der Waals surface area contributed by atoms with E-state index in [4.69, 9.17) is 14.2 Å². The Bertz CT molecular complexity index is 437. The van der Waals surface area contributed by atoms with Gasteiger partial charge in [0.25, 0.3) is 0 Å². The predicted molar refractivity (Wildman–Crippen MR) is 81.2 cm³/mol. The number of hydrogen-bond donors (Lipinski definition) is 0. The van der Waals surface area contributed by atoms with Gasteiger partial charge in [-0.25, -0.2) is 4.79 Å². The molecule has 2 atom stereocenters. The molecule has 1 aliphatic rings. The lowest BCUT2D eigenvalue weighted by atomic mass is 10.1. The van der Waals surface area contributed by atoms with E-state index in [1.165, 1.54) is 33.2 Å². The summed E-state index contributed by atoms with van der Waals surface area (Å²) in [6, 6.07) is -0.748. The van der Waals surface area contributed by atoms with Crippen molar-refractivity contribution in [2.24, 2.45) is 5.92 Å². The maximum atomic E-state index is 12.6. The topological polar surface area (TPSA) is 82.1 Å². The molecule has 0 radical (unpaired) electrons. The maximum absolute atomic E-state index is 12.6. The van der Waals surface area contributed by atoms with Gasteiger partial charge in [-0.1, -0.05) is 18.7 Å². The molecule has 0 spiro atoms. The number of nitrogens with zero attached hydrogens (tertiary/aromatic N) is 1. The summed E-state index contributed by atoms with van der Waals surface area (Å²) in [5.74, 6) is -1.77. The van der Waals surface area contributed by atoms with Gasteiger partial charge < -0.3 is 19.1 Å². The molecular weight excluding hydrogens is 310 g/mol. The monoisotopic (exact) mass is 333 g/mol. The molecule has 1 unspecified atom stereocenters. The molecule has 1 rings (SSSR count). The molecule has 0 bridgehead atoms. The first-order valence-corrected chi connectivity index (χ1v) is 7.90. The zero-order valence-corrected chi connectivity index (χ0v) is 14.4. The lowest BCUT2D eigenvalue weighted by Gasteiger charge is -2.27. The smallest absolute Gasteiger partial charge is 0.328 e. The molecule has 0 aromatic rings. The number of likely N-dealkylation sites (tertiary alicyclic amines) is 1. The fourth-order valence-corrected chi connectivity index (χ4v) is 3.02. The zero-order chi connectivity index (χ0) is 16.9. The fourth-order valence-electron chi connectivity index (χ4n) is 2.39. The van der Waals surface area contributed by atoms with Crippen LogP contribution in [0.3, 0.4) is 0 Å². The van der Waals surface area contributed by atoms with Crippen molar-refractivity contribution in [3.8, 4) is 0 Å². The van der Waals surface area contributed by atoms with Gasteiger partial charge in [-0.3, -0.25) is 9.59 Å². The third-order valence-corrected chi connectivity index (χ3v) is 4.82. The number of hydrogen-bond acceptors (Lipinski definition) is 7. The highest BCUT2D eigenvalue weighted by atomic mass is 32.2. The molecule has 1 heterocycles. The van der Waals surface area contributed by atoms with E-state index in [0.29, 0.717) is 5.75 Å². The van der Waals surface area contributed by atoms with Crippen molar-refractivity contribution >= 4 is 28.8 Å². The largest absolute Gasteiger partial charge is 0.467 e. The number of ether oxygens (including phenoxy) is 3. The van der Waals surface area contributed by atoms with Crippen LogP contribution in [0.5, 0.6) is 0 Å². The minimum Gasteiger partial charge on any atom is -0.467 e. The average Bonchev–Trinajstić information content (AvgIpc) is 2.91. The minimum absolute atomic E-state index is 0.0475. The average molecular weight is 333 g/mol. The summed E-state index contributed by atoms with van der Waals surface area (Å²) >= 11 is 1.09. The maximum Gasteiger partial charge on any atom is 0.328 e. The molecule has 1 aliphatic heterocycles. The van der Waals surface area contributed by atoms with Gasteiger partial charge in [0.2, 0.25) is 5.91 Å². The Morgan fingerprint density at radius 1 is 1.27 bits per heavy atom. The number of methoxy groups -OCH3 is 3. The van der Waals surface area contributed by atoms with Crippen LogP contribution < -0.4 is 0 Å². The highest BCUT2D eigenvalue weighted by Gasteiger charge is 2.50. The normalized spacial score (nSPS) is 21.5. The quantitative estimate of drug-likeness (QED) is 0.522. The van der Waals surface area contributed by atoms with Crippen molar-refractivity contribution < 1.29 is 28.6 Å². The van der Waals surface area contributed by atoms with Gasteiger partial charge >= 0.3 is 5.97 Å². The minimum atomic E-state index is -1.01. The van der Waals surface area contributed by atoms with Gasteiger partial charge in [0.1, 0.15) is 6.04 Å². The third-order valence-electron chi connectivity index (χ3n) is 3.75. The highest BCUT2D eigenvalue weighted by Crippen LogP contribution is 2.32. The molecule has 1 amide bonds. The van der Waals surface area contributed by atoms with Crippen molar-refractivity contribution in [1.29, 1.82) is 0 Å². The molecule has 0 aromatic carbocycles. The predicted octanol–water partition coefficient (Wildman–Crippen LogP) is 0.665. The molecule has 0 N–H and O–H groups in total. The second-order valence-corrected chi connectivity index (χ2v) is 6.43. The molecule has 7 nitrogen and oxygen atoms in total. The van der Waals surface area contributed by atoms with E-state index < -0.39 is 23.7 Å². The lowest BCUT2D eigenvalue weighted by molar-refractivity contribution is -0.197. The summed E-state index contributed by atoms with van der Waals surface area (Å²) in [7, 11) is 4.22. The number of rotatable bonds is 6. The fraction of sp³-hybridized carbons (Fsp3) is 0.786. The van der Waals surface area contributed by atoms with Crippen LogP contribution in [0.15, 0.2) is 0 Å². The Labute approximate surface area is 134 Å². The SMILES string of the molecule is COC(=O)[C@@H]1CC(OC)(OC)CN1C(=O)C(C)CSC(C)=O. The van der Waals surface area contributed by atoms with Crippen LogP contribution in [0, 0.1) is 5.92 Å². The Kier molecular flexibility index (Phi) is 6.83. The summed E-state index contributed by atoms with van der Waals surface area (Å²) in [6.07, 6.45) is 0.213. The molecule has 1 saturated heterocycles. The first-order chi connectivity index (χ1) is 10.3. The van der Waals surface area contributed by atoms with Crippen LogP contribution in [0.2, 0.25) is 0 Å². The van der Waals surface area contributed by atoms with Crippen molar-refractivity contribution in [1.82, 2.24) is 4.90 Å². The molecule has 0 aliphatic carbocycles. The Morgan fingerprint density at radius 2 is 1.86 bits per heavy atom. The van der Waals surface area contributed by atoms with E-state index in [0.717, 1.165) is 11.8 Å². The summed E-state index contributed by atoms with van der Waals surface area (Å²) < 4.78 is 15.5. The van der Waals surface area contributed by atoms with Gasteiger partial charge in [0, 0.05) is 39.2 Å². The number of amides is 1. The van der Waals surface area contributed by atoms with Crippen molar-refractivity contribution in [3.05, 3.63) is 0 Å². The van der Waals surface area contributed by atoms with Crippen LogP contribution in [0.1, 0.15) is 20.3 Å². The summed E-state index contributed by atoms with van der Waals surface area (Å²) in [6.45, 7) is 3.33. The Hall–Kier alpha value is -1.12. The van der Waals surface area contributed by atoms with E-state index in [-0.39, 0.29) is 24.0 Å². The van der Waals surface area contributed by atoms with Crippen LogP contribution in [-0.4, -0.2) is 67.3 Å². The number of esters is 1. The van der Waals surface area contributed by atoms with E-state index in [1.54, 1.807) is 6.92 Å². The first kappa shape index (κ1) is 18.9. The molecule has 8 heteroatoms. The summed E-state index contributed by atoms with van der Waals surface area (Å²) in [5, 5.41) is -0.0475. The Balaban J connectivity index is 2.90. The number of carbonyl (C=O) groups is 3. The molecule has 0 saturated carbocycles. The van der Waals surface area contributed by atoms with Crippen LogP contribution in [0.4, 0.5) is 0 Å². The van der Waals surface area contributed by atoms with Crippen LogP contribution in [-0.2, 0) is 28.6 Å². The van der Waals surface area contributed by atoms with E-state index >= 15 is 0 Å². The summed E-state index contributed by atoms with van der Waals surface area (Å²) in [4.78, 5) is 37.0.